The number of unbranched alkanes of at least 4 members (excludes halogenated alkanes) is 1. The summed E-state index contributed by atoms with van der Waals surface area (Å²) in [7, 11) is 0. The minimum Gasteiger partial charge on any atom is -0.486 e. The molecule has 0 saturated carbocycles. The molecule has 154 valence electrons. The van der Waals surface area contributed by atoms with Crippen LogP contribution in [0.1, 0.15) is 31.7 Å². The summed E-state index contributed by atoms with van der Waals surface area (Å²) in [5.41, 5.74) is 4.46. The zero-order chi connectivity index (χ0) is 21.2. The third-order valence-electron chi connectivity index (χ3n) is 4.69. The van der Waals surface area contributed by atoms with Crippen LogP contribution in [0.3, 0.4) is 0 Å². The van der Waals surface area contributed by atoms with Gasteiger partial charge in [-0.2, -0.15) is 0 Å². The standard InChI is InChI=1S/C26H28N2O2/c1-3-17-30-25-18-27-26(28-19-25)24-15-13-23(14-16-24)22-11-9-21(10-12-22)8-6-4-5-7-20(2)29/h3,6,8-16,18-20,29H,1,4-5,7,17H2,2H3. The Balaban J connectivity index is 1.60. The summed E-state index contributed by atoms with van der Waals surface area (Å²) in [5, 5.41) is 9.29. The van der Waals surface area contributed by atoms with E-state index in [2.05, 4.69) is 65.1 Å². The minimum absolute atomic E-state index is 0.216. The molecule has 0 fully saturated rings. The van der Waals surface area contributed by atoms with Crippen LogP contribution in [0.25, 0.3) is 28.6 Å². The minimum atomic E-state index is -0.216. The molecule has 4 heteroatoms. The zero-order valence-electron chi connectivity index (χ0n) is 17.4. The number of aliphatic hydroxyl groups is 1. The normalized spacial score (nSPS) is 12.1. The topological polar surface area (TPSA) is 55.2 Å². The molecule has 1 unspecified atom stereocenters. The number of nitrogens with zero attached hydrogens (tertiary/aromatic N) is 2. The van der Waals surface area contributed by atoms with Gasteiger partial charge < -0.3 is 9.84 Å². The molecule has 1 heterocycles. The van der Waals surface area contributed by atoms with Crippen molar-refractivity contribution in [3.8, 4) is 28.3 Å². The van der Waals surface area contributed by atoms with Crippen molar-refractivity contribution in [3.63, 3.8) is 0 Å². The Kier molecular flexibility index (Phi) is 7.93. The predicted molar refractivity (Wildman–Crippen MR) is 123 cm³/mol. The van der Waals surface area contributed by atoms with E-state index in [4.69, 9.17) is 4.74 Å². The monoisotopic (exact) mass is 400 g/mol. The maximum atomic E-state index is 9.29. The van der Waals surface area contributed by atoms with Crippen molar-refractivity contribution >= 4 is 6.08 Å². The molecule has 0 saturated heterocycles. The predicted octanol–water partition coefficient (Wildman–Crippen LogP) is 5.94. The van der Waals surface area contributed by atoms with Gasteiger partial charge in [0, 0.05) is 5.56 Å². The van der Waals surface area contributed by atoms with Gasteiger partial charge in [0.1, 0.15) is 6.61 Å². The van der Waals surface area contributed by atoms with Gasteiger partial charge in [0.05, 0.1) is 18.5 Å². The van der Waals surface area contributed by atoms with Gasteiger partial charge in [0.2, 0.25) is 0 Å². The smallest absolute Gasteiger partial charge is 0.159 e. The number of allylic oxidation sites excluding steroid dienone is 1. The van der Waals surface area contributed by atoms with E-state index in [-0.39, 0.29) is 6.10 Å². The highest BCUT2D eigenvalue weighted by atomic mass is 16.5. The largest absolute Gasteiger partial charge is 0.486 e. The molecule has 0 aliphatic rings. The fraction of sp³-hybridized carbons (Fsp3) is 0.231. The fourth-order valence-electron chi connectivity index (χ4n) is 3.04. The Morgan fingerprint density at radius 2 is 1.57 bits per heavy atom. The molecule has 1 N–H and O–H groups in total. The van der Waals surface area contributed by atoms with E-state index in [1.54, 1.807) is 18.5 Å². The second-order valence-corrected chi connectivity index (χ2v) is 7.22. The average Bonchev–Trinajstić information content (AvgIpc) is 2.78. The van der Waals surface area contributed by atoms with Crippen LogP contribution < -0.4 is 4.74 Å². The van der Waals surface area contributed by atoms with Crippen molar-refractivity contribution in [3.05, 3.63) is 85.2 Å². The van der Waals surface area contributed by atoms with Crippen molar-refractivity contribution in [1.82, 2.24) is 9.97 Å². The molecule has 3 rings (SSSR count). The number of rotatable bonds is 10. The fourth-order valence-corrected chi connectivity index (χ4v) is 3.04. The molecular formula is C26H28N2O2. The van der Waals surface area contributed by atoms with Gasteiger partial charge in [-0.1, -0.05) is 73.3 Å². The second-order valence-electron chi connectivity index (χ2n) is 7.22. The number of benzene rings is 2. The van der Waals surface area contributed by atoms with E-state index in [1.165, 1.54) is 11.1 Å². The molecule has 0 aliphatic heterocycles. The van der Waals surface area contributed by atoms with Gasteiger partial charge >= 0.3 is 0 Å². The molecule has 0 radical (unpaired) electrons. The zero-order valence-corrected chi connectivity index (χ0v) is 17.4. The van der Waals surface area contributed by atoms with Crippen LogP contribution in [0, 0.1) is 0 Å². The first kappa shape index (κ1) is 21.5. The SMILES string of the molecule is C=CCOc1cnc(-c2ccc(-c3ccc(C=CCCCC(C)O)cc3)cc2)nc1. The molecule has 4 nitrogen and oxygen atoms in total. The Hall–Kier alpha value is -3.24. The quantitative estimate of drug-likeness (QED) is 0.338. The Morgan fingerprint density at radius 1 is 0.967 bits per heavy atom. The van der Waals surface area contributed by atoms with Crippen LogP contribution in [-0.4, -0.2) is 27.8 Å². The molecule has 3 aromatic rings. The van der Waals surface area contributed by atoms with Crippen molar-refractivity contribution in [2.24, 2.45) is 0 Å². The lowest BCUT2D eigenvalue weighted by Gasteiger charge is -2.06. The van der Waals surface area contributed by atoms with Gasteiger partial charge in [0.15, 0.2) is 11.6 Å². The van der Waals surface area contributed by atoms with Gasteiger partial charge in [-0.25, -0.2) is 9.97 Å². The number of aromatic nitrogens is 2. The van der Waals surface area contributed by atoms with Crippen LogP contribution in [0.15, 0.2) is 79.7 Å². The van der Waals surface area contributed by atoms with Crippen molar-refractivity contribution in [2.75, 3.05) is 6.61 Å². The first-order valence-electron chi connectivity index (χ1n) is 10.3. The maximum absolute atomic E-state index is 9.29. The van der Waals surface area contributed by atoms with E-state index < -0.39 is 0 Å². The summed E-state index contributed by atoms with van der Waals surface area (Å²) in [5.74, 6) is 1.30. The molecule has 0 spiro atoms. The molecule has 0 amide bonds. The van der Waals surface area contributed by atoms with Crippen LogP contribution >= 0.6 is 0 Å². The second kappa shape index (κ2) is 11.1. The van der Waals surface area contributed by atoms with Crippen molar-refractivity contribution in [1.29, 1.82) is 0 Å². The number of aliphatic hydroxyl groups excluding tert-OH is 1. The summed E-state index contributed by atoms with van der Waals surface area (Å²) < 4.78 is 5.42. The van der Waals surface area contributed by atoms with Crippen LogP contribution in [-0.2, 0) is 0 Å². The molecule has 1 aromatic heterocycles. The third-order valence-corrected chi connectivity index (χ3v) is 4.69. The summed E-state index contributed by atoms with van der Waals surface area (Å²) in [6.07, 6.45) is 12.0. The molecule has 2 aromatic carbocycles. The van der Waals surface area contributed by atoms with Gasteiger partial charge in [-0.05, 0) is 42.9 Å². The lowest BCUT2D eigenvalue weighted by molar-refractivity contribution is 0.182. The summed E-state index contributed by atoms with van der Waals surface area (Å²) in [6.45, 7) is 5.90. The summed E-state index contributed by atoms with van der Waals surface area (Å²) in [4.78, 5) is 8.75. The Labute approximate surface area is 178 Å². The Bertz CT molecular complexity index is 944. The van der Waals surface area contributed by atoms with E-state index in [9.17, 15) is 5.11 Å². The summed E-state index contributed by atoms with van der Waals surface area (Å²) >= 11 is 0. The van der Waals surface area contributed by atoms with E-state index >= 15 is 0 Å². The third kappa shape index (κ3) is 6.39. The van der Waals surface area contributed by atoms with Crippen LogP contribution in [0.2, 0.25) is 0 Å². The van der Waals surface area contributed by atoms with Crippen LogP contribution in [0.5, 0.6) is 5.75 Å². The lowest BCUT2D eigenvalue weighted by atomic mass is 10.0. The average molecular weight is 401 g/mol. The van der Waals surface area contributed by atoms with E-state index in [1.807, 2.05) is 19.1 Å². The molecule has 0 aliphatic carbocycles. The highest BCUT2D eigenvalue weighted by molar-refractivity contribution is 5.69. The van der Waals surface area contributed by atoms with E-state index in [0.717, 1.165) is 30.4 Å². The van der Waals surface area contributed by atoms with E-state index in [0.29, 0.717) is 18.2 Å². The lowest BCUT2D eigenvalue weighted by Crippen LogP contribution is -1.97. The summed E-state index contributed by atoms with van der Waals surface area (Å²) in [6, 6.07) is 16.7. The molecular weight excluding hydrogens is 372 g/mol. The van der Waals surface area contributed by atoms with Crippen molar-refractivity contribution < 1.29 is 9.84 Å². The van der Waals surface area contributed by atoms with Crippen molar-refractivity contribution in [2.45, 2.75) is 32.3 Å². The first-order chi connectivity index (χ1) is 14.7. The first-order valence-corrected chi connectivity index (χ1v) is 10.3. The maximum Gasteiger partial charge on any atom is 0.159 e. The Morgan fingerprint density at radius 3 is 2.17 bits per heavy atom. The number of hydrogen-bond acceptors (Lipinski definition) is 4. The number of ether oxygens (including phenoxy) is 1. The highest BCUT2D eigenvalue weighted by Gasteiger charge is 2.04. The van der Waals surface area contributed by atoms with Gasteiger partial charge in [-0.15, -0.1) is 0 Å². The highest BCUT2D eigenvalue weighted by Crippen LogP contribution is 2.24. The van der Waals surface area contributed by atoms with Crippen LogP contribution in [0.4, 0.5) is 0 Å². The molecule has 30 heavy (non-hydrogen) atoms. The molecule has 1 atom stereocenters. The number of hydrogen-bond donors (Lipinski definition) is 1. The van der Waals surface area contributed by atoms with Gasteiger partial charge in [0.25, 0.3) is 0 Å². The molecule has 0 bridgehead atoms. The van der Waals surface area contributed by atoms with Gasteiger partial charge in [-0.3, -0.25) is 0 Å².